The summed E-state index contributed by atoms with van der Waals surface area (Å²) in [6.45, 7) is 42.5. The van der Waals surface area contributed by atoms with Crippen LogP contribution in [0.15, 0.2) is 36.4 Å². The van der Waals surface area contributed by atoms with Crippen molar-refractivity contribution < 1.29 is 0 Å². The Morgan fingerprint density at radius 3 is 1.12 bits per heavy atom. The Kier molecular flexibility index (Phi) is 12.0. The molecule has 2 aromatic heterocycles. The van der Waals surface area contributed by atoms with E-state index in [1.54, 1.807) is 0 Å². The fourth-order valence-electron chi connectivity index (χ4n) is 6.53. The molecule has 0 aliphatic carbocycles. The molecule has 0 amide bonds. The zero-order valence-corrected chi connectivity index (χ0v) is 33.2. The van der Waals surface area contributed by atoms with E-state index >= 15 is 0 Å². The van der Waals surface area contributed by atoms with Gasteiger partial charge in [0.25, 0.3) is 0 Å². The molecule has 0 N–H and O–H groups in total. The lowest BCUT2D eigenvalue weighted by molar-refractivity contribution is 0.807. The minimum absolute atomic E-state index is 0.0464. The molecule has 256 valence electrons. The first-order valence-electron chi connectivity index (χ1n) is 17.5. The lowest BCUT2D eigenvalue weighted by Gasteiger charge is -2.23. The summed E-state index contributed by atoms with van der Waals surface area (Å²) < 4.78 is 3.18. The maximum atomic E-state index is 10.1. The van der Waals surface area contributed by atoms with Crippen LogP contribution in [-0.2, 0) is 0 Å². The molecule has 2 heterocycles. The van der Waals surface area contributed by atoms with Gasteiger partial charge in [0.05, 0.1) is 13.6 Å². The van der Waals surface area contributed by atoms with Gasteiger partial charge in [0, 0.05) is 11.1 Å². The summed E-state index contributed by atoms with van der Waals surface area (Å²) in [5.41, 5.74) is 11.9. The van der Waals surface area contributed by atoms with Crippen molar-refractivity contribution in [2.24, 2.45) is 0 Å². The van der Waals surface area contributed by atoms with Gasteiger partial charge in [-0.1, -0.05) is 107 Å². The van der Waals surface area contributed by atoms with Gasteiger partial charge in [0.1, 0.15) is 35.4 Å². The first kappa shape index (κ1) is 38.3. The third-order valence-corrected chi connectivity index (χ3v) is 11.8. The van der Waals surface area contributed by atoms with Crippen LogP contribution < -0.4 is 9.06 Å². The lowest BCUT2D eigenvalue weighted by atomic mass is 9.81. The van der Waals surface area contributed by atoms with Crippen LogP contribution in [0.1, 0.15) is 152 Å². The molecular weight excluding hydrogens is 649 g/mol. The Hall–Kier alpha value is -4.46. The molecule has 0 fully saturated rings. The average molecular weight is 697 g/mol. The van der Waals surface area contributed by atoms with Crippen LogP contribution in [0, 0.1) is 44.9 Å². The molecule has 0 saturated carbocycles. The van der Waals surface area contributed by atoms with Gasteiger partial charge >= 0.3 is 5.82 Å². The molecule has 4 aromatic rings. The summed E-state index contributed by atoms with van der Waals surface area (Å²) in [6, 6.07) is 17.7. The van der Waals surface area contributed by atoms with Crippen molar-refractivity contribution in [1.29, 1.82) is 10.5 Å². The molecule has 0 unspecified atom stereocenters. The lowest BCUT2D eigenvalue weighted by Crippen LogP contribution is -2.04. The number of thiophene rings is 2. The van der Waals surface area contributed by atoms with E-state index in [-0.39, 0.29) is 35.1 Å². The number of rotatable bonds is 8. The summed E-state index contributed by atoms with van der Waals surface area (Å²) in [5.74, 6) is 1.65. The van der Waals surface area contributed by atoms with Crippen molar-refractivity contribution in [1.82, 2.24) is 0 Å². The molecule has 0 bridgehead atoms. The van der Waals surface area contributed by atoms with Crippen LogP contribution in [0.4, 0.5) is 0 Å². The highest BCUT2D eigenvalue weighted by Gasteiger charge is 2.25. The monoisotopic (exact) mass is 696 g/mol. The third-order valence-electron chi connectivity index (χ3n) is 9.38. The molecule has 0 saturated heterocycles. The largest absolute Gasteiger partial charge is 0.536 e. The van der Waals surface area contributed by atoms with E-state index in [4.69, 9.17) is 13.1 Å². The van der Waals surface area contributed by atoms with Gasteiger partial charge in [-0.25, -0.2) is 0 Å². The summed E-state index contributed by atoms with van der Waals surface area (Å²) in [6.07, 6.45) is 0. The minimum Gasteiger partial charge on any atom is -0.192 e. The predicted octanol–water partition coefficient (Wildman–Crippen LogP) is 12.3. The van der Waals surface area contributed by atoms with Gasteiger partial charge in [0.15, 0.2) is 0 Å². The van der Waals surface area contributed by atoms with E-state index < -0.39 is 0 Å². The van der Waals surface area contributed by atoms with E-state index in [0.717, 1.165) is 31.3 Å². The number of benzene rings is 2. The number of nitrogens with zero attached hydrogens (tertiary/aromatic N) is 4. The number of nitriles is 2. The van der Waals surface area contributed by atoms with Gasteiger partial charge in [-0.2, -0.15) is 20.2 Å². The molecular formula is C44H48N4S2. The molecule has 6 heteroatoms. The van der Waals surface area contributed by atoms with E-state index in [2.05, 4.69) is 129 Å². The molecule has 0 aliphatic heterocycles. The SMILES string of the molecule is [C-]#[N+]C([N+]#[C-])=c1cc(-c2c(C(C)C)cc(C(C)C)cc2C(C)C)/c(=c2\sc(=C(C#N)C#N)cc2-c2c(C(C)C)cc(C(C)C)cc2C(C)C)s1. The fourth-order valence-corrected chi connectivity index (χ4v) is 8.89. The Labute approximate surface area is 307 Å². The molecule has 0 aliphatic rings. The van der Waals surface area contributed by atoms with Crippen LogP contribution in [0.3, 0.4) is 0 Å². The third kappa shape index (κ3) is 7.35. The first-order chi connectivity index (χ1) is 23.6. The quantitative estimate of drug-likeness (QED) is 0.172. The molecule has 0 atom stereocenters. The van der Waals surface area contributed by atoms with Gasteiger partial charge in [-0.05, 0) is 92.1 Å². The van der Waals surface area contributed by atoms with Crippen molar-refractivity contribution in [3.63, 3.8) is 0 Å². The highest BCUT2D eigenvalue weighted by Crippen LogP contribution is 2.43. The summed E-state index contributed by atoms with van der Waals surface area (Å²) in [5, 5.41) is 20.1. The van der Waals surface area contributed by atoms with Crippen LogP contribution >= 0.6 is 22.7 Å². The standard InChI is InChI=1S/C44H48N4S2/c1-23(2)29-15-32(25(5)6)40(33(16-29)26(7)8)36-19-38(31(21-45)22-46)49-42(36)43-37(20-39(50-43)44(47-13)48-14)41-34(27(9)10)17-30(24(3)4)18-35(41)28(11)12/h15-20,23-28H,1-12H3/b43-42+. The van der Waals surface area contributed by atoms with Gasteiger partial charge in [-0.3, -0.25) is 0 Å². The molecule has 2 aromatic carbocycles. The van der Waals surface area contributed by atoms with Crippen LogP contribution in [-0.4, -0.2) is 0 Å². The van der Waals surface area contributed by atoms with Crippen molar-refractivity contribution >= 4 is 34.1 Å². The molecule has 50 heavy (non-hydrogen) atoms. The second kappa shape index (κ2) is 15.6. The number of hydrogen-bond acceptors (Lipinski definition) is 4. The van der Waals surface area contributed by atoms with E-state index in [1.807, 2.05) is 12.1 Å². The molecule has 0 spiro atoms. The smallest absolute Gasteiger partial charge is 0.192 e. The Balaban J connectivity index is 2.50. The summed E-state index contributed by atoms with van der Waals surface area (Å²) in [7, 11) is 0. The van der Waals surface area contributed by atoms with Crippen molar-refractivity contribution in [2.75, 3.05) is 0 Å². The summed E-state index contributed by atoms with van der Waals surface area (Å²) >= 11 is 2.94. The van der Waals surface area contributed by atoms with E-state index in [0.29, 0.717) is 20.9 Å². The Morgan fingerprint density at radius 2 is 0.840 bits per heavy atom. The van der Waals surface area contributed by atoms with Crippen LogP contribution in [0.5, 0.6) is 0 Å². The Bertz CT molecular complexity index is 2080. The average Bonchev–Trinajstić information content (AvgIpc) is 3.69. The maximum Gasteiger partial charge on any atom is 0.536 e. The topological polar surface area (TPSA) is 56.3 Å². The summed E-state index contributed by atoms with van der Waals surface area (Å²) in [4.78, 5) is 7.30. The zero-order chi connectivity index (χ0) is 37.2. The first-order valence-corrected chi connectivity index (χ1v) is 19.2. The fraction of sp³-hybridized carbons (Fsp3) is 0.409. The zero-order valence-electron chi connectivity index (χ0n) is 31.5. The van der Waals surface area contributed by atoms with Crippen LogP contribution in [0.2, 0.25) is 0 Å². The van der Waals surface area contributed by atoms with Crippen molar-refractivity contribution in [2.45, 2.75) is 119 Å². The predicted molar refractivity (Wildman–Crippen MR) is 212 cm³/mol. The van der Waals surface area contributed by atoms with Gasteiger partial charge < -0.3 is 0 Å². The van der Waals surface area contributed by atoms with E-state index in [1.165, 1.54) is 56.1 Å². The molecule has 0 radical (unpaired) electrons. The van der Waals surface area contributed by atoms with Gasteiger partial charge in [0.2, 0.25) is 0 Å². The van der Waals surface area contributed by atoms with Crippen molar-refractivity contribution in [3.05, 3.63) is 111 Å². The maximum absolute atomic E-state index is 10.1. The van der Waals surface area contributed by atoms with Crippen LogP contribution in [0.25, 0.3) is 43.3 Å². The highest BCUT2D eigenvalue weighted by molar-refractivity contribution is 7.12. The second-order valence-electron chi connectivity index (χ2n) is 14.9. The normalized spacial score (nSPS) is 12.1. The molecule has 4 nitrogen and oxygen atoms in total. The van der Waals surface area contributed by atoms with Gasteiger partial charge in [-0.15, -0.1) is 22.7 Å². The second-order valence-corrected chi connectivity index (χ2v) is 17.0. The van der Waals surface area contributed by atoms with Crippen molar-refractivity contribution in [3.8, 4) is 34.4 Å². The molecule has 4 rings (SSSR count). The number of hydrogen-bond donors (Lipinski definition) is 0. The highest BCUT2D eigenvalue weighted by atomic mass is 32.1. The van der Waals surface area contributed by atoms with E-state index in [9.17, 15) is 10.5 Å². The minimum atomic E-state index is 0.0464. The Morgan fingerprint density at radius 1 is 0.520 bits per heavy atom.